The van der Waals surface area contributed by atoms with Gasteiger partial charge in [0.25, 0.3) is 0 Å². The first-order valence-corrected chi connectivity index (χ1v) is 13.9. The summed E-state index contributed by atoms with van der Waals surface area (Å²) in [7, 11) is 1.90. The maximum Gasteiger partial charge on any atom is 0.135 e. The van der Waals surface area contributed by atoms with Crippen molar-refractivity contribution in [2.75, 3.05) is 20.2 Å². The number of methoxy groups -OCH3 is 1. The van der Waals surface area contributed by atoms with Crippen LogP contribution in [0.1, 0.15) is 30.1 Å². The fourth-order valence-corrected chi connectivity index (χ4v) is 7.81. The molecule has 0 N–H and O–H groups in total. The molecule has 3 aliphatic heterocycles. The molecule has 8 rings (SSSR count). The number of piperidine rings is 3. The molecule has 3 aliphatic rings. The Balaban J connectivity index is 1.41. The number of aromatic nitrogens is 1. The lowest BCUT2D eigenvalue weighted by Crippen LogP contribution is -2.67. The molecule has 38 heavy (non-hydrogen) atoms. The zero-order valence-electron chi connectivity index (χ0n) is 22.1. The van der Waals surface area contributed by atoms with Crippen molar-refractivity contribution in [3.63, 3.8) is 0 Å². The monoisotopic (exact) mass is 499 g/mol. The van der Waals surface area contributed by atoms with Gasteiger partial charge in [-0.05, 0) is 51.2 Å². The van der Waals surface area contributed by atoms with Crippen LogP contribution in [0.3, 0.4) is 0 Å². The molecule has 3 fully saturated rings. The fourth-order valence-electron chi connectivity index (χ4n) is 7.81. The normalized spacial score (nSPS) is 25.7. The van der Waals surface area contributed by atoms with Gasteiger partial charge in [-0.25, -0.2) is 0 Å². The first kappa shape index (κ1) is 23.6. The second-order valence-electron chi connectivity index (χ2n) is 11.4. The fraction of sp³-hybridized carbons (Fsp3) is 0.286. The molecule has 4 unspecified atom stereocenters. The topological polar surface area (TPSA) is 22.1 Å². The van der Waals surface area contributed by atoms with Gasteiger partial charge >= 0.3 is 0 Å². The molecular weight excluding hydrogens is 464 g/mol. The van der Waals surface area contributed by atoms with Crippen LogP contribution in [0.25, 0.3) is 32.4 Å². The van der Waals surface area contributed by atoms with Gasteiger partial charge in [-0.3, -0.25) is 4.98 Å². The molecule has 0 aliphatic carbocycles. The van der Waals surface area contributed by atoms with Crippen molar-refractivity contribution in [2.24, 2.45) is 11.8 Å². The van der Waals surface area contributed by atoms with Crippen molar-refractivity contribution in [2.45, 2.75) is 31.5 Å². The Bertz CT molecular complexity index is 1600. The lowest BCUT2D eigenvalue weighted by Gasteiger charge is -2.58. The van der Waals surface area contributed by atoms with E-state index in [-0.39, 0.29) is 6.10 Å². The van der Waals surface area contributed by atoms with Gasteiger partial charge in [-0.15, -0.1) is 6.58 Å². The summed E-state index contributed by atoms with van der Waals surface area (Å²) in [6.07, 6.45) is 6.61. The second-order valence-corrected chi connectivity index (χ2v) is 11.4. The molecule has 1 aromatic heterocycles. The first-order valence-electron chi connectivity index (χ1n) is 13.9. The molecule has 0 saturated carbocycles. The molecule has 0 spiro atoms. The van der Waals surface area contributed by atoms with Crippen LogP contribution in [0.4, 0.5) is 0 Å². The van der Waals surface area contributed by atoms with Crippen molar-refractivity contribution in [3.8, 4) is 0 Å². The standard InChI is InChI=1S/C35H35N2O/c1-3-24-22-37(23-32-28-12-6-4-10-26(28)20-27-11-5-7-13-29(27)32)19-17-25(24)21-34(37)35(38-2)31-16-18-36-33-15-9-8-14-30(31)33/h3-16,18,20,24-25,34-35H,1,17,19,21-23H2,2H3/q+1/t24?,25?,34-,35?,37?/m0/s1. The summed E-state index contributed by atoms with van der Waals surface area (Å²) in [6, 6.07) is 31.3. The number of quaternary nitrogens is 1. The largest absolute Gasteiger partial charge is 0.370 e. The minimum absolute atomic E-state index is 0.0118. The van der Waals surface area contributed by atoms with Crippen molar-refractivity contribution in [3.05, 3.63) is 115 Å². The minimum Gasteiger partial charge on any atom is -0.370 e. The quantitative estimate of drug-likeness (QED) is 0.135. The van der Waals surface area contributed by atoms with Gasteiger partial charge in [-0.2, -0.15) is 0 Å². The van der Waals surface area contributed by atoms with Gasteiger partial charge in [0.1, 0.15) is 18.7 Å². The maximum absolute atomic E-state index is 6.47. The molecular formula is C35H35N2O+. The number of para-hydroxylation sites is 1. The Morgan fingerprint density at radius 1 is 0.947 bits per heavy atom. The van der Waals surface area contributed by atoms with Crippen LogP contribution in [0.2, 0.25) is 0 Å². The molecule has 3 heteroatoms. The predicted molar refractivity (Wildman–Crippen MR) is 157 cm³/mol. The van der Waals surface area contributed by atoms with Gasteiger partial charge in [0.15, 0.2) is 0 Å². The summed E-state index contributed by atoms with van der Waals surface area (Å²) in [6.45, 7) is 7.59. The Kier molecular flexibility index (Phi) is 5.79. The molecule has 5 atom stereocenters. The molecule has 2 bridgehead atoms. The molecule has 4 heterocycles. The maximum atomic E-state index is 6.47. The number of ether oxygens (including phenoxy) is 1. The summed E-state index contributed by atoms with van der Waals surface area (Å²) < 4.78 is 7.52. The van der Waals surface area contributed by atoms with Crippen LogP contribution in [0.5, 0.6) is 0 Å². The van der Waals surface area contributed by atoms with E-state index in [1.54, 1.807) is 0 Å². The molecule has 0 amide bonds. The third-order valence-electron chi connectivity index (χ3n) is 9.62. The SMILES string of the molecule is C=CC1C[N+]2(Cc3c4ccccc4cc4ccccc34)CCC1C[C@H]2C(OC)c1ccnc2ccccc12. The number of hydrogen-bond acceptors (Lipinski definition) is 2. The van der Waals surface area contributed by atoms with E-state index in [1.165, 1.54) is 51.0 Å². The summed E-state index contributed by atoms with van der Waals surface area (Å²) in [5.41, 5.74) is 3.78. The molecule has 190 valence electrons. The number of hydrogen-bond donors (Lipinski definition) is 0. The Morgan fingerprint density at radius 3 is 2.34 bits per heavy atom. The van der Waals surface area contributed by atoms with Crippen molar-refractivity contribution in [1.29, 1.82) is 0 Å². The third-order valence-corrected chi connectivity index (χ3v) is 9.62. The van der Waals surface area contributed by atoms with Crippen LogP contribution in [0.15, 0.2) is 104 Å². The van der Waals surface area contributed by atoms with Crippen LogP contribution in [-0.2, 0) is 11.3 Å². The van der Waals surface area contributed by atoms with E-state index >= 15 is 0 Å². The van der Waals surface area contributed by atoms with Gasteiger partial charge < -0.3 is 9.22 Å². The third kappa shape index (κ3) is 3.68. The van der Waals surface area contributed by atoms with Gasteiger partial charge in [0.05, 0.1) is 18.6 Å². The van der Waals surface area contributed by atoms with Gasteiger partial charge in [-0.1, -0.05) is 72.8 Å². The average molecular weight is 500 g/mol. The van der Waals surface area contributed by atoms with Crippen LogP contribution in [0, 0.1) is 11.8 Å². The minimum atomic E-state index is 0.0118. The van der Waals surface area contributed by atoms with Crippen molar-refractivity contribution >= 4 is 32.4 Å². The number of rotatable bonds is 6. The van der Waals surface area contributed by atoms with E-state index in [4.69, 9.17) is 4.74 Å². The van der Waals surface area contributed by atoms with Crippen molar-refractivity contribution < 1.29 is 9.22 Å². The highest BCUT2D eigenvalue weighted by Crippen LogP contribution is 2.49. The van der Waals surface area contributed by atoms with E-state index in [9.17, 15) is 0 Å². The van der Waals surface area contributed by atoms with Gasteiger partial charge in [0, 0.05) is 43.0 Å². The number of benzene rings is 4. The lowest BCUT2D eigenvalue weighted by molar-refractivity contribution is -0.984. The van der Waals surface area contributed by atoms with Crippen LogP contribution >= 0.6 is 0 Å². The van der Waals surface area contributed by atoms with E-state index in [2.05, 4.69) is 103 Å². The van der Waals surface area contributed by atoms with E-state index in [1.807, 2.05) is 13.3 Å². The molecule has 3 saturated heterocycles. The highest BCUT2D eigenvalue weighted by molar-refractivity contribution is 6.02. The molecule has 3 nitrogen and oxygen atoms in total. The second kappa shape index (κ2) is 9.34. The molecule has 4 aromatic carbocycles. The van der Waals surface area contributed by atoms with E-state index < -0.39 is 0 Å². The van der Waals surface area contributed by atoms with Crippen LogP contribution in [-0.4, -0.2) is 35.7 Å². The average Bonchev–Trinajstić information content (AvgIpc) is 2.98. The molecule has 0 radical (unpaired) electrons. The Labute approximate surface area is 225 Å². The zero-order valence-corrected chi connectivity index (χ0v) is 22.1. The number of fused-ring (bicyclic) bond motifs is 6. The zero-order chi connectivity index (χ0) is 25.7. The van der Waals surface area contributed by atoms with E-state index in [0.717, 1.165) is 29.5 Å². The predicted octanol–water partition coefficient (Wildman–Crippen LogP) is 7.84. The summed E-state index contributed by atoms with van der Waals surface area (Å²) in [5.74, 6) is 1.22. The highest BCUT2D eigenvalue weighted by atomic mass is 16.5. The summed E-state index contributed by atoms with van der Waals surface area (Å²) >= 11 is 0. The van der Waals surface area contributed by atoms with Crippen LogP contribution < -0.4 is 0 Å². The highest BCUT2D eigenvalue weighted by Gasteiger charge is 2.54. The number of pyridine rings is 1. The smallest absolute Gasteiger partial charge is 0.135 e. The summed E-state index contributed by atoms with van der Waals surface area (Å²) in [4.78, 5) is 4.66. The molecule has 5 aromatic rings. The van der Waals surface area contributed by atoms with Crippen molar-refractivity contribution in [1.82, 2.24) is 4.98 Å². The Morgan fingerprint density at radius 2 is 1.63 bits per heavy atom. The first-order chi connectivity index (χ1) is 18.7. The number of nitrogens with zero attached hydrogens (tertiary/aromatic N) is 2. The Hall–Kier alpha value is -3.53. The van der Waals surface area contributed by atoms with Gasteiger partial charge in [0.2, 0.25) is 0 Å². The van der Waals surface area contributed by atoms with E-state index in [0.29, 0.717) is 17.9 Å². The summed E-state index contributed by atoms with van der Waals surface area (Å²) in [5, 5.41) is 6.61. The lowest BCUT2D eigenvalue weighted by atomic mass is 9.71.